The van der Waals surface area contributed by atoms with Gasteiger partial charge in [0.15, 0.2) is 0 Å². The first-order valence-corrected chi connectivity index (χ1v) is 7.30. The van der Waals surface area contributed by atoms with E-state index in [1.807, 2.05) is 12.1 Å². The van der Waals surface area contributed by atoms with Gasteiger partial charge in [-0.15, -0.1) is 6.58 Å². The van der Waals surface area contributed by atoms with Crippen LogP contribution in [0.2, 0.25) is 0 Å². The molecule has 0 saturated heterocycles. The lowest BCUT2D eigenvalue weighted by molar-refractivity contribution is 0.0957. The van der Waals surface area contributed by atoms with Gasteiger partial charge in [-0.25, -0.2) is 0 Å². The number of rotatable bonds is 5. The summed E-state index contributed by atoms with van der Waals surface area (Å²) in [4.78, 5) is 28.0. The molecule has 22 heavy (non-hydrogen) atoms. The molecular formula is C16H14BrN3O2. The minimum Gasteiger partial charge on any atom is -0.349 e. The number of nitrogens with one attached hydrogen (secondary N) is 2. The lowest BCUT2D eigenvalue weighted by Crippen LogP contribution is -2.24. The Kier molecular flexibility index (Phi) is 5.43. The van der Waals surface area contributed by atoms with Crippen molar-refractivity contribution >= 4 is 33.4 Å². The molecule has 0 radical (unpaired) electrons. The van der Waals surface area contributed by atoms with Gasteiger partial charge >= 0.3 is 0 Å². The number of aromatic nitrogens is 1. The van der Waals surface area contributed by atoms with E-state index in [-0.39, 0.29) is 11.8 Å². The Labute approximate surface area is 136 Å². The molecule has 2 aromatic rings. The number of nitrogens with zero attached hydrogens (tertiary/aromatic N) is 1. The molecule has 0 atom stereocenters. The van der Waals surface area contributed by atoms with Crippen molar-refractivity contribution in [2.24, 2.45) is 0 Å². The van der Waals surface area contributed by atoms with Crippen molar-refractivity contribution < 1.29 is 9.59 Å². The molecule has 2 amide bonds. The molecule has 0 fully saturated rings. The predicted octanol–water partition coefficient (Wildman–Crippen LogP) is 3.01. The highest BCUT2D eigenvalue weighted by Crippen LogP contribution is 2.16. The molecule has 2 N–H and O–H groups in total. The van der Waals surface area contributed by atoms with Crippen LogP contribution in [0.15, 0.2) is 59.9 Å². The van der Waals surface area contributed by atoms with Crippen molar-refractivity contribution in [3.8, 4) is 0 Å². The third-order valence-corrected chi connectivity index (χ3v) is 3.25. The zero-order valence-corrected chi connectivity index (χ0v) is 13.3. The lowest BCUT2D eigenvalue weighted by atomic mass is 10.2. The molecule has 0 spiro atoms. The summed E-state index contributed by atoms with van der Waals surface area (Å²) >= 11 is 3.34. The second-order valence-electron chi connectivity index (χ2n) is 4.43. The first kappa shape index (κ1) is 15.9. The highest BCUT2D eigenvalue weighted by atomic mass is 79.9. The van der Waals surface area contributed by atoms with Crippen LogP contribution in [0.3, 0.4) is 0 Å². The standard InChI is InChI=1S/C16H14BrN3O2/c1-2-6-19-15(21)11-7-12(10-18-9-11)16(22)20-14-5-3-4-13(17)8-14/h2-5,7-10H,1,6H2,(H,19,21)(H,20,22). The van der Waals surface area contributed by atoms with E-state index in [2.05, 4.69) is 38.1 Å². The van der Waals surface area contributed by atoms with Crippen LogP contribution in [-0.4, -0.2) is 23.3 Å². The van der Waals surface area contributed by atoms with E-state index in [1.165, 1.54) is 18.5 Å². The Hall–Kier alpha value is -2.47. The Morgan fingerprint density at radius 1 is 1.18 bits per heavy atom. The molecule has 0 aliphatic rings. The molecule has 6 heteroatoms. The Bertz CT molecular complexity index is 716. The van der Waals surface area contributed by atoms with Gasteiger partial charge in [-0.1, -0.05) is 28.1 Å². The van der Waals surface area contributed by atoms with Crippen molar-refractivity contribution in [2.75, 3.05) is 11.9 Å². The zero-order chi connectivity index (χ0) is 15.9. The van der Waals surface area contributed by atoms with Crippen LogP contribution in [0.5, 0.6) is 0 Å². The minimum atomic E-state index is -0.330. The Morgan fingerprint density at radius 3 is 2.59 bits per heavy atom. The summed E-state index contributed by atoms with van der Waals surface area (Å²) in [6.45, 7) is 3.88. The molecule has 0 bridgehead atoms. The van der Waals surface area contributed by atoms with Gasteiger partial charge in [0, 0.05) is 29.1 Å². The van der Waals surface area contributed by atoms with Crippen molar-refractivity contribution in [2.45, 2.75) is 0 Å². The van der Waals surface area contributed by atoms with Crippen molar-refractivity contribution in [1.82, 2.24) is 10.3 Å². The molecule has 1 aromatic heterocycles. The van der Waals surface area contributed by atoms with Crippen LogP contribution in [0.25, 0.3) is 0 Å². The number of hydrogen-bond donors (Lipinski definition) is 2. The smallest absolute Gasteiger partial charge is 0.257 e. The highest BCUT2D eigenvalue weighted by molar-refractivity contribution is 9.10. The topological polar surface area (TPSA) is 71.1 Å². The van der Waals surface area contributed by atoms with Gasteiger partial charge in [0.25, 0.3) is 11.8 Å². The zero-order valence-electron chi connectivity index (χ0n) is 11.7. The number of pyridine rings is 1. The van der Waals surface area contributed by atoms with E-state index in [0.29, 0.717) is 23.4 Å². The monoisotopic (exact) mass is 359 g/mol. The highest BCUT2D eigenvalue weighted by Gasteiger charge is 2.11. The normalized spacial score (nSPS) is 9.86. The predicted molar refractivity (Wildman–Crippen MR) is 88.9 cm³/mol. The first-order valence-electron chi connectivity index (χ1n) is 6.51. The second kappa shape index (κ2) is 7.51. The fourth-order valence-corrected chi connectivity index (χ4v) is 2.12. The second-order valence-corrected chi connectivity index (χ2v) is 5.34. The number of amides is 2. The van der Waals surface area contributed by atoms with Gasteiger partial charge in [-0.05, 0) is 24.3 Å². The van der Waals surface area contributed by atoms with Crippen LogP contribution < -0.4 is 10.6 Å². The third-order valence-electron chi connectivity index (χ3n) is 2.75. The fraction of sp³-hybridized carbons (Fsp3) is 0.0625. The summed E-state index contributed by atoms with van der Waals surface area (Å²) in [7, 11) is 0. The van der Waals surface area contributed by atoms with Gasteiger partial charge in [-0.3, -0.25) is 14.6 Å². The molecule has 112 valence electrons. The van der Waals surface area contributed by atoms with Gasteiger partial charge in [0.05, 0.1) is 11.1 Å². The molecule has 1 heterocycles. The average Bonchev–Trinajstić information content (AvgIpc) is 2.52. The number of halogens is 1. The van der Waals surface area contributed by atoms with E-state index in [0.717, 1.165) is 4.47 Å². The van der Waals surface area contributed by atoms with Gasteiger partial charge in [-0.2, -0.15) is 0 Å². The molecule has 0 unspecified atom stereocenters. The van der Waals surface area contributed by atoms with Crippen molar-refractivity contribution in [1.29, 1.82) is 0 Å². The lowest BCUT2D eigenvalue weighted by Gasteiger charge is -2.07. The number of anilines is 1. The largest absolute Gasteiger partial charge is 0.349 e. The molecular weight excluding hydrogens is 346 g/mol. The quantitative estimate of drug-likeness (QED) is 0.806. The molecule has 2 rings (SSSR count). The first-order chi connectivity index (χ1) is 10.6. The Morgan fingerprint density at radius 2 is 1.91 bits per heavy atom. The van der Waals surface area contributed by atoms with Gasteiger partial charge in [0.1, 0.15) is 0 Å². The van der Waals surface area contributed by atoms with Crippen LogP contribution in [-0.2, 0) is 0 Å². The van der Waals surface area contributed by atoms with Crippen LogP contribution in [0, 0.1) is 0 Å². The summed E-state index contributed by atoms with van der Waals surface area (Å²) in [6, 6.07) is 8.74. The average molecular weight is 360 g/mol. The summed E-state index contributed by atoms with van der Waals surface area (Å²) in [5.74, 6) is -0.631. The minimum absolute atomic E-state index is 0.301. The number of carbonyl (C=O) groups is 2. The summed E-state index contributed by atoms with van der Waals surface area (Å²) in [5, 5.41) is 5.39. The number of hydrogen-bond acceptors (Lipinski definition) is 3. The molecule has 5 nitrogen and oxygen atoms in total. The summed E-state index contributed by atoms with van der Waals surface area (Å²) < 4.78 is 0.862. The molecule has 0 aliphatic carbocycles. The van der Waals surface area contributed by atoms with Crippen LogP contribution >= 0.6 is 15.9 Å². The van der Waals surface area contributed by atoms with E-state index >= 15 is 0 Å². The molecule has 0 aliphatic heterocycles. The van der Waals surface area contributed by atoms with E-state index in [4.69, 9.17) is 0 Å². The van der Waals surface area contributed by atoms with Crippen LogP contribution in [0.4, 0.5) is 5.69 Å². The molecule has 0 saturated carbocycles. The van der Waals surface area contributed by atoms with Crippen molar-refractivity contribution in [3.05, 3.63) is 71.0 Å². The summed E-state index contributed by atoms with van der Waals surface area (Å²) in [6.07, 6.45) is 4.40. The number of benzene rings is 1. The SMILES string of the molecule is C=CCNC(=O)c1cncc(C(=O)Nc2cccc(Br)c2)c1. The van der Waals surface area contributed by atoms with E-state index in [1.54, 1.807) is 18.2 Å². The third kappa shape index (κ3) is 4.26. The molecule has 1 aromatic carbocycles. The van der Waals surface area contributed by atoms with Crippen molar-refractivity contribution in [3.63, 3.8) is 0 Å². The fourth-order valence-electron chi connectivity index (χ4n) is 1.72. The van der Waals surface area contributed by atoms with E-state index < -0.39 is 0 Å². The number of carbonyl (C=O) groups excluding carboxylic acids is 2. The maximum absolute atomic E-state index is 12.2. The van der Waals surface area contributed by atoms with E-state index in [9.17, 15) is 9.59 Å². The van der Waals surface area contributed by atoms with Crippen LogP contribution in [0.1, 0.15) is 20.7 Å². The van der Waals surface area contributed by atoms with Gasteiger partial charge in [0.2, 0.25) is 0 Å². The Balaban J connectivity index is 2.13. The van der Waals surface area contributed by atoms with Gasteiger partial charge < -0.3 is 10.6 Å². The summed E-state index contributed by atoms with van der Waals surface area (Å²) in [5.41, 5.74) is 1.29. The maximum Gasteiger partial charge on any atom is 0.257 e. The maximum atomic E-state index is 12.2.